The zero-order valence-corrected chi connectivity index (χ0v) is 11.1. The third kappa shape index (κ3) is 2.42. The van der Waals surface area contributed by atoms with Crippen LogP contribution < -0.4 is 10.5 Å². The first kappa shape index (κ1) is 12.0. The Balaban J connectivity index is 1.91. The summed E-state index contributed by atoms with van der Waals surface area (Å²) in [5, 5.41) is 0. The van der Waals surface area contributed by atoms with Gasteiger partial charge in [0.15, 0.2) is 5.69 Å². The van der Waals surface area contributed by atoms with E-state index in [9.17, 15) is 0 Å². The maximum atomic E-state index is 5.75. The Morgan fingerprint density at radius 1 is 1.16 bits per heavy atom. The first-order valence-electron chi connectivity index (χ1n) is 6.14. The third-order valence-corrected chi connectivity index (χ3v) is 3.38. The Bertz CT molecular complexity index is 642. The molecule has 1 aromatic heterocycles. The second kappa shape index (κ2) is 4.93. The van der Waals surface area contributed by atoms with Crippen LogP contribution in [0, 0.1) is 0 Å². The summed E-state index contributed by atoms with van der Waals surface area (Å²) in [5.41, 5.74) is 8.77. The molecule has 1 aromatic carbocycles. The first-order valence-corrected chi connectivity index (χ1v) is 6.55. The van der Waals surface area contributed by atoms with Crippen LogP contribution in [0.25, 0.3) is 0 Å². The van der Waals surface area contributed by atoms with Crippen LogP contribution in [0.1, 0.15) is 23.2 Å². The lowest BCUT2D eigenvalue weighted by Gasteiger charge is -2.09. The molecular formula is C14H13N3OS. The second-order valence-corrected chi connectivity index (χ2v) is 4.90. The Hall–Kier alpha value is -2.01. The van der Waals surface area contributed by atoms with Crippen LogP contribution in [-0.2, 0) is 12.8 Å². The van der Waals surface area contributed by atoms with Gasteiger partial charge in [0.25, 0.3) is 0 Å². The number of ether oxygens (including phenoxy) is 1. The summed E-state index contributed by atoms with van der Waals surface area (Å²) < 4.78 is 5.75. The Morgan fingerprint density at radius 3 is 2.79 bits per heavy atom. The van der Waals surface area contributed by atoms with Gasteiger partial charge in [-0.2, -0.15) is 0 Å². The molecule has 0 unspecified atom stereocenters. The van der Waals surface area contributed by atoms with Gasteiger partial charge < -0.3 is 10.5 Å². The fourth-order valence-electron chi connectivity index (χ4n) is 2.29. The van der Waals surface area contributed by atoms with Gasteiger partial charge in [0.1, 0.15) is 10.7 Å². The minimum absolute atomic E-state index is 0.185. The van der Waals surface area contributed by atoms with Crippen LogP contribution in [0.5, 0.6) is 11.6 Å². The molecule has 3 rings (SSSR count). The average molecular weight is 271 g/mol. The predicted octanol–water partition coefficient (Wildman–Crippen LogP) is 2.39. The molecule has 0 amide bonds. The van der Waals surface area contributed by atoms with Crippen LogP contribution >= 0.6 is 12.2 Å². The topological polar surface area (TPSA) is 61.0 Å². The number of rotatable bonds is 3. The number of fused-ring (bicyclic) bond motifs is 1. The highest BCUT2D eigenvalue weighted by Crippen LogP contribution is 2.28. The Morgan fingerprint density at radius 2 is 1.95 bits per heavy atom. The lowest BCUT2D eigenvalue weighted by molar-refractivity contribution is 0.458. The fraction of sp³-hybridized carbons (Fsp3) is 0.214. The Kier molecular flexibility index (Phi) is 3.13. The normalized spacial score (nSPS) is 13.1. The average Bonchev–Trinajstić information content (AvgIpc) is 2.86. The molecule has 0 bridgehead atoms. The quantitative estimate of drug-likeness (QED) is 0.869. The summed E-state index contributed by atoms with van der Waals surface area (Å²) in [6.07, 6.45) is 6.57. The van der Waals surface area contributed by atoms with Crippen LogP contribution in [0.2, 0.25) is 0 Å². The number of aromatic nitrogens is 2. The molecule has 1 aliphatic rings. The molecule has 5 heteroatoms. The molecule has 2 N–H and O–H groups in total. The smallest absolute Gasteiger partial charge is 0.248 e. The van der Waals surface area contributed by atoms with Gasteiger partial charge in [0.2, 0.25) is 5.88 Å². The largest absolute Gasteiger partial charge is 0.437 e. The highest BCUT2D eigenvalue weighted by Gasteiger charge is 2.14. The third-order valence-electron chi connectivity index (χ3n) is 3.18. The zero-order valence-electron chi connectivity index (χ0n) is 10.3. The first-order chi connectivity index (χ1) is 9.24. The molecule has 0 atom stereocenters. The summed E-state index contributed by atoms with van der Waals surface area (Å²) in [5.74, 6) is 1.10. The molecule has 1 aliphatic carbocycles. The van der Waals surface area contributed by atoms with Gasteiger partial charge >= 0.3 is 0 Å². The van der Waals surface area contributed by atoms with E-state index in [1.807, 2.05) is 6.07 Å². The monoisotopic (exact) mass is 271 g/mol. The van der Waals surface area contributed by atoms with E-state index >= 15 is 0 Å². The lowest BCUT2D eigenvalue weighted by Crippen LogP contribution is -2.13. The summed E-state index contributed by atoms with van der Waals surface area (Å²) in [7, 11) is 0. The van der Waals surface area contributed by atoms with Crippen molar-refractivity contribution in [3.63, 3.8) is 0 Å². The molecular weight excluding hydrogens is 258 g/mol. The highest BCUT2D eigenvalue weighted by atomic mass is 32.1. The van der Waals surface area contributed by atoms with E-state index in [2.05, 4.69) is 22.1 Å². The summed E-state index contributed by atoms with van der Waals surface area (Å²) in [4.78, 5) is 8.41. The van der Waals surface area contributed by atoms with Crippen LogP contribution in [0.3, 0.4) is 0 Å². The number of benzene rings is 1. The van der Waals surface area contributed by atoms with Gasteiger partial charge in [-0.1, -0.05) is 18.3 Å². The number of nitrogens with zero attached hydrogens (tertiary/aromatic N) is 2. The molecule has 2 aromatic rings. The van der Waals surface area contributed by atoms with Gasteiger partial charge in [-0.3, -0.25) is 0 Å². The second-order valence-electron chi connectivity index (χ2n) is 4.46. The van der Waals surface area contributed by atoms with Crippen molar-refractivity contribution < 1.29 is 4.74 Å². The van der Waals surface area contributed by atoms with Crippen molar-refractivity contribution in [2.45, 2.75) is 19.3 Å². The maximum Gasteiger partial charge on any atom is 0.248 e. The predicted molar refractivity (Wildman–Crippen MR) is 76.5 cm³/mol. The van der Waals surface area contributed by atoms with Gasteiger partial charge in [-0.15, -0.1) is 0 Å². The van der Waals surface area contributed by atoms with E-state index < -0.39 is 0 Å². The number of hydrogen-bond acceptors (Lipinski definition) is 4. The lowest BCUT2D eigenvalue weighted by atomic mass is 10.1. The molecule has 0 saturated carbocycles. The SMILES string of the molecule is NC(=S)c1nccnc1Oc1ccc2c(c1)CCC2. The summed E-state index contributed by atoms with van der Waals surface area (Å²) in [6.45, 7) is 0. The van der Waals surface area contributed by atoms with Gasteiger partial charge in [-0.25, -0.2) is 9.97 Å². The van der Waals surface area contributed by atoms with Crippen molar-refractivity contribution in [2.75, 3.05) is 0 Å². The molecule has 1 heterocycles. The zero-order chi connectivity index (χ0) is 13.2. The summed E-state index contributed by atoms with van der Waals surface area (Å²) >= 11 is 4.94. The van der Waals surface area contributed by atoms with Crippen molar-refractivity contribution in [3.8, 4) is 11.6 Å². The van der Waals surface area contributed by atoms with Crippen LogP contribution in [0.4, 0.5) is 0 Å². The van der Waals surface area contributed by atoms with E-state index in [-0.39, 0.29) is 4.99 Å². The molecule has 0 aliphatic heterocycles. The maximum absolute atomic E-state index is 5.75. The number of thiocarbonyl (C=S) groups is 1. The van der Waals surface area contributed by atoms with Crippen molar-refractivity contribution >= 4 is 17.2 Å². The van der Waals surface area contributed by atoms with Gasteiger partial charge in [-0.05, 0) is 42.5 Å². The number of hydrogen-bond donors (Lipinski definition) is 1. The van der Waals surface area contributed by atoms with Crippen molar-refractivity contribution in [2.24, 2.45) is 5.73 Å². The van der Waals surface area contributed by atoms with Crippen molar-refractivity contribution in [3.05, 3.63) is 47.4 Å². The fourth-order valence-corrected chi connectivity index (χ4v) is 2.43. The van der Waals surface area contributed by atoms with Gasteiger partial charge in [0.05, 0.1) is 0 Å². The molecule has 0 radical (unpaired) electrons. The van der Waals surface area contributed by atoms with Crippen LogP contribution in [-0.4, -0.2) is 15.0 Å². The van der Waals surface area contributed by atoms with E-state index in [1.165, 1.54) is 17.5 Å². The minimum Gasteiger partial charge on any atom is -0.437 e. The summed E-state index contributed by atoms with van der Waals surface area (Å²) in [6, 6.07) is 6.11. The minimum atomic E-state index is 0.185. The van der Waals surface area contributed by atoms with E-state index in [0.717, 1.165) is 18.6 Å². The number of aryl methyl sites for hydroxylation is 2. The molecule has 19 heavy (non-hydrogen) atoms. The molecule has 4 nitrogen and oxygen atoms in total. The molecule has 0 spiro atoms. The van der Waals surface area contributed by atoms with E-state index in [0.29, 0.717) is 11.6 Å². The molecule has 96 valence electrons. The standard InChI is InChI=1S/C14H13N3OS/c15-13(19)12-14(17-7-6-16-12)18-11-5-4-9-2-1-3-10(9)8-11/h4-8H,1-3H2,(H2,15,19). The Labute approximate surface area is 116 Å². The van der Waals surface area contributed by atoms with Gasteiger partial charge in [0, 0.05) is 12.4 Å². The van der Waals surface area contributed by atoms with Crippen molar-refractivity contribution in [1.29, 1.82) is 0 Å². The molecule has 0 fully saturated rings. The number of nitrogens with two attached hydrogens (primary N) is 1. The highest BCUT2D eigenvalue weighted by molar-refractivity contribution is 7.80. The van der Waals surface area contributed by atoms with Crippen molar-refractivity contribution in [1.82, 2.24) is 9.97 Å². The van der Waals surface area contributed by atoms with E-state index in [1.54, 1.807) is 12.4 Å². The van der Waals surface area contributed by atoms with Crippen LogP contribution in [0.15, 0.2) is 30.6 Å². The molecule has 0 saturated heterocycles. The van der Waals surface area contributed by atoms with E-state index in [4.69, 9.17) is 22.7 Å².